The summed E-state index contributed by atoms with van der Waals surface area (Å²) in [5.74, 6) is 2.03. The average Bonchev–Trinajstić information content (AvgIpc) is 2.41. The Labute approximate surface area is 108 Å². The summed E-state index contributed by atoms with van der Waals surface area (Å²) in [6.45, 7) is 2.28. The van der Waals surface area contributed by atoms with Crippen LogP contribution in [0.1, 0.15) is 38.2 Å². The van der Waals surface area contributed by atoms with Gasteiger partial charge in [-0.15, -0.1) is 0 Å². The highest BCUT2D eigenvalue weighted by molar-refractivity contribution is 5.52. The van der Waals surface area contributed by atoms with Gasteiger partial charge < -0.3 is 9.47 Å². The predicted molar refractivity (Wildman–Crippen MR) is 69.8 cm³/mol. The molecule has 1 fully saturated rings. The smallest absolute Gasteiger partial charge is 0.179 e. The quantitative estimate of drug-likeness (QED) is 0.818. The van der Waals surface area contributed by atoms with Crippen molar-refractivity contribution >= 4 is 0 Å². The third kappa shape index (κ3) is 2.76. The number of nitriles is 1. The summed E-state index contributed by atoms with van der Waals surface area (Å²) in [4.78, 5) is 0. The average molecular weight is 245 g/mol. The molecule has 1 aromatic rings. The summed E-state index contributed by atoms with van der Waals surface area (Å²) in [6.07, 6.45) is 4.72. The van der Waals surface area contributed by atoms with Crippen molar-refractivity contribution in [2.45, 2.75) is 38.7 Å². The van der Waals surface area contributed by atoms with Crippen LogP contribution in [0.4, 0.5) is 0 Å². The topological polar surface area (TPSA) is 42.2 Å². The van der Waals surface area contributed by atoms with Crippen molar-refractivity contribution in [3.8, 4) is 17.6 Å². The van der Waals surface area contributed by atoms with E-state index in [0.717, 1.165) is 18.8 Å². The molecular formula is C15H19NO2. The summed E-state index contributed by atoms with van der Waals surface area (Å²) in [5.41, 5.74) is 0.549. The predicted octanol–water partition coefficient (Wildman–Crippen LogP) is 3.52. The normalized spacial score (nSPS) is 23.2. The molecule has 3 heteroatoms. The minimum absolute atomic E-state index is 0.213. The Bertz CT molecular complexity index is 442. The number of nitrogens with zero attached hydrogens (tertiary/aromatic N) is 1. The van der Waals surface area contributed by atoms with Crippen LogP contribution >= 0.6 is 0 Å². The summed E-state index contributed by atoms with van der Waals surface area (Å²) in [6, 6.07) is 7.58. The summed E-state index contributed by atoms with van der Waals surface area (Å²) in [7, 11) is 1.60. The van der Waals surface area contributed by atoms with Gasteiger partial charge in [0.2, 0.25) is 0 Å². The van der Waals surface area contributed by atoms with E-state index in [1.165, 1.54) is 12.8 Å². The fourth-order valence-corrected chi connectivity index (χ4v) is 2.40. The highest BCUT2D eigenvalue weighted by atomic mass is 16.5. The minimum atomic E-state index is 0.213. The molecule has 0 N–H and O–H groups in total. The van der Waals surface area contributed by atoms with Crippen LogP contribution in [0.25, 0.3) is 0 Å². The molecule has 3 nitrogen and oxygen atoms in total. The Morgan fingerprint density at radius 3 is 2.56 bits per heavy atom. The Morgan fingerprint density at radius 1 is 1.22 bits per heavy atom. The number of benzene rings is 1. The van der Waals surface area contributed by atoms with Gasteiger partial charge in [0.05, 0.1) is 18.8 Å². The van der Waals surface area contributed by atoms with Crippen LogP contribution in [0.5, 0.6) is 11.5 Å². The molecule has 0 heterocycles. The Balaban J connectivity index is 2.15. The second kappa shape index (κ2) is 5.77. The number of rotatable bonds is 3. The van der Waals surface area contributed by atoms with Crippen LogP contribution in [-0.4, -0.2) is 13.2 Å². The van der Waals surface area contributed by atoms with Crippen molar-refractivity contribution in [1.82, 2.24) is 0 Å². The third-order valence-corrected chi connectivity index (χ3v) is 3.57. The van der Waals surface area contributed by atoms with Gasteiger partial charge >= 0.3 is 0 Å². The van der Waals surface area contributed by atoms with E-state index in [2.05, 4.69) is 13.0 Å². The lowest BCUT2D eigenvalue weighted by molar-refractivity contribution is 0.131. The van der Waals surface area contributed by atoms with E-state index in [1.54, 1.807) is 13.2 Å². The van der Waals surface area contributed by atoms with E-state index in [0.29, 0.717) is 17.1 Å². The van der Waals surface area contributed by atoms with Gasteiger partial charge in [-0.25, -0.2) is 0 Å². The molecule has 0 aliphatic heterocycles. The molecule has 1 aliphatic carbocycles. The van der Waals surface area contributed by atoms with E-state index < -0.39 is 0 Å². The van der Waals surface area contributed by atoms with Gasteiger partial charge in [0.1, 0.15) is 6.07 Å². The molecule has 1 saturated carbocycles. The molecule has 0 saturated heterocycles. The van der Waals surface area contributed by atoms with Crippen molar-refractivity contribution in [1.29, 1.82) is 5.26 Å². The van der Waals surface area contributed by atoms with Crippen molar-refractivity contribution in [2.75, 3.05) is 7.11 Å². The van der Waals surface area contributed by atoms with Crippen LogP contribution < -0.4 is 9.47 Å². The highest BCUT2D eigenvalue weighted by Gasteiger charge is 2.22. The molecule has 1 aliphatic rings. The first-order valence-electron chi connectivity index (χ1n) is 6.48. The number of ether oxygens (including phenoxy) is 2. The fraction of sp³-hybridized carbons (Fsp3) is 0.533. The number of para-hydroxylation sites is 1. The summed E-state index contributed by atoms with van der Waals surface area (Å²) in [5, 5.41) is 9.12. The fourth-order valence-electron chi connectivity index (χ4n) is 2.40. The van der Waals surface area contributed by atoms with Gasteiger partial charge in [0.25, 0.3) is 0 Å². The number of hydrogen-bond donors (Lipinski definition) is 0. The molecular weight excluding hydrogens is 226 g/mol. The van der Waals surface area contributed by atoms with Crippen LogP contribution in [0, 0.1) is 17.2 Å². The van der Waals surface area contributed by atoms with Crippen molar-refractivity contribution in [3.63, 3.8) is 0 Å². The Kier molecular flexibility index (Phi) is 4.09. The minimum Gasteiger partial charge on any atom is -0.493 e. The molecule has 1 aromatic carbocycles. The lowest BCUT2D eigenvalue weighted by Crippen LogP contribution is -2.23. The van der Waals surface area contributed by atoms with Gasteiger partial charge in [-0.05, 0) is 43.7 Å². The zero-order valence-electron chi connectivity index (χ0n) is 11.0. The second-order valence-electron chi connectivity index (χ2n) is 4.95. The van der Waals surface area contributed by atoms with E-state index in [9.17, 15) is 0 Å². The standard InChI is InChI=1S/C15H19NO2/c1-11-6-8-13(9-7-11)18-15-12(10-16)4-3-5-14(15)17-2/h3-5,11,13H,6-9H2,1-2H3. The van der Waals surface area contributed by atoms with E-state index in [1.807, 2.05) is 12.1 Å². The first-order valence-corrected chi connectivity index (χ1v) is 6.48. The van der Waals surface area contributed by atoms with Crippen LogP contribution in [0.2, 0.25) is 0 Å². The van der Waals surface area contributed by atoms with E-state index in [4.69, 9.17) is 14.7 Å². The Hall–Kier alpha value is -1.69. The largest absolute Gasteiger partial charge is 0.493 e. The first-order chi connectivity index (χ1) is 8.74. The van der Waals surface area contributed by atoms with Crippen molar-refractivity contribution < 1.29 is 9.47 Å². The maximum atomic E-state index is 9.12. The Morgan fingerprint density at radius 2 is 1.94 bits per heavy atom. The summed E-state index contributed by atoms with van der Waals surface area (Å²) < 4.78 is 11.3. The van der Waals surface area contributed by atoms with E-state index in [-0.39, 0.29) is 6.10 Å². The first kappa shape index (κ1) is 12.8. The van der Waals surface area contributed by atoms with Gasteiger partial charge in [0, 0.05) is 0 Å². The second-order valence-corrected chi connectivity index (χ2v) is 4.95. The summed E-state index contributed by atoms with van der Waals surface area (Å²) >= 11 is 0. The molecule has 18 heavy (non-hydrogen) atoms. The number of hydrogen-bond acceptors (Lipinski definition) is 3. The molecule has 0 amide bonds. The maximum Gasteiger partial charge on any atom is 0.179 e. The van der Waals surface area contributed by atoms with E-state index >= 15 is 0 Å². The molecule has 0 radical (unpaired) electrons. The molecule has 0 atom stereocenters. The van der Waals surface area contributed by atoms with Gasteiger partial charge in [-0.2, -0.15) is 5.26 Å². The molecule has 0 aromatic heterocycles. The van der Waals surface area contributed by atoms with Gasteiger partial charge in [-0.1, -0.05) is 13.0 Å². The monoisotopic (exact) mass is 245 g/mol. The molecule has 2 rings (SSSR count). The van der Waals surface area contributed by atoms with Crippen LogP contribution in [0.3, 0.4) is 0 Å². The van der Waals surface area contributed by atoms with Gasteiger partial charge in [0.15, 0.2) is 11.5 Å². The molecule has 96 valence electrons. The lowest BCUT2D eigenvalue weighted by atomic mass is 9.89. The van der Waals surface area contributed by atoms with Crippen LogP contribution in [0.15, 0.2) is 18.2 Å². The van der Waals surface area contributed by atoms with Crippen molar-refractivity contribution in [3.05, 3.63) is 23.8 Å². The number of methoxy groups -OCH3 is 1. The zero-order chi connectivity index (χ0) is 13.0. The van der Waals surface area contributed by atoms with Crippen LogP contribution in [-0.2, 0) is 0 Å². The van der Waals surface area contributed by atoms with Crippen molar-refractivity contribution in [2.24, 2.45) is 5.92 Å². The zero-order valence-corrected chi connectivity index (χ0v) is 11.0. The molecule has 0 bridgehead atoms. The maximum absolute atomic E-state index is 9.12. The molecule has 0 spiro atoms. The molecule has 0 unspecified atom stereocenters. The SMILES string of the molecule is COc1cccc(C#N)c1OC1CCC(C)CC1. The van der Waals surface area contributed by atoms with Gasteiger partial charge in [-0.3, -0.25) is 0 Å². The highest BCUT2D eigenvalue weighted by Crippen LogP contribution is 2.34. The third-order valence-electron chi connectivity index (χ3n) is 3.57. The lowest BCUT2D eigenvalue weighted by Gasteiger charge is -2.27.